The van der Waals surface area contributed by atoms with Crippen molar-refractivity contribution in [1.82, 2.24) is 4.90 Å². The van der Waals surface area contributed by atoms with Crippen molar-refractivity contribution in [2.24, 2.45) is 0 Å². The number of likely N-dealkylation sites (tertiary alicyclic amines) is 1. The molecule has 8 heteroatoms. The van der Waals surface area contributed by atoms with Crippen LogP contribution in [-0.2, 0) is 4.79 Å². The maximum absolute atomic E-state index is 13.6. The van der Waals surface area contributed by atoms with Gasteiger partial charge in [-0.1, -0.05) is 24.3 Å². The van der Waals surface area contributed by atoms with Gasteiger partial charge in [-0.3, -0.25) is 14.4 Å². The van der Waals surface area contributed by atoms with E-state index in [9.17, 15) is 14.4 Å². The summed E-state index contributed by atoms with van der Waals surface area (Å²) in [7, 11) is 0. The molecule has 1 fully saturated rings. The molecule has 5 rings (SSSR count). The van der Waals surface area contributed by atoms with E-state index in [0.29, 0.717) is 27.6 Å². The number of rotatable bonds is 4. The van der Waals surface area contributed by atoms with E-state index in [1.54, 1.807) is 41.3 Å². The maximum Gasteiger partial charge on any atom is 0.265 e. The van der Waals surface area contributed by atoms with Crippen LogP contribution in [0, 0.1) is 0 Å². The molecule has 34 heavy (non-hydrogen) atoms. The van der Waals surface area contributed by atoms with Crippen molar-refractivity contribution in [2.45, 2.75) is 25.4 Å². The molecular weight excluding hydrogens is 450 g/mol. The zero-order valence-electron chi connectivity index (χ0n) is 18.6. The number of thiophene rings is 1. The highest BCUT2D eigenvalue weighted by Crippen LogP contribution is 2.35. The molecule has 1 atom stereocenters. The Balaban J connectivity index is 1.39. The van der Waals surface area contributed by atoms with Gasteiger partial charge in [0, 0.05) is 24.3 Å². The van der Waals surface area contributed by atoms with Gasteiger partial charge in [0.15, 0.2) is 6.10 Å². The standard InChI is InChI=1S/C26H25N3O4S/c30-24(23-12-7-15-34-23)27-19-9-6-8-18(16-19)25(31)29-17-22(26(32)28-13-4-1-5-14-28)33-21-11-3-2-10-20(21)29/h2-3,6-12,15-16,22H,1,4-5,13-14,17H2,(H,27,30). The van der Waals surface area contributed by atoms with Gasteiger partial charge in [-0.15, -0.1) is 11.3 Å². The molecule has 0 bridgehead atoms. The smallest absolute Gasteiger partial charge is 0.265 e. The second kappa shape index (κ2) is 9.69. The van der Waals surface area contributed by atoms with Crippen LogP contribution in [-0.4, -0.2) is 48.4 Å². The summed E-state index contributed by atoms with van der Waals surface area (Å²) in [6, 6.07) is 17.7. The van der Waals surface area contributed by atoms with Crippen LogP contribution in [0.3, 0.4) is 0 Å². The van der Waals surface area contributed by atoms with E-state index in [-0.39, 0.29) is 24.3 Å². The van der Waals surface area contributed by atoms with Gasteiger partial charge in [-0.2, -0.15) is 0 Å². The van der Waals surface area contributed by atoms with Crippen LogP contribution in [0.15, 0.2) is 66.0 Å². The van der Waals surface area contributed by atoms with E-state index in [2.05, 4.69) is 5.32 Å². The number of carbonyl (C=O) groups is 3. The quantitative estimate of drug-likeness (QED) is 0.606. The monoisotopic (exact) mass is 475 g/mol. The van der Waals surface area contributed by atoms with Crippen molar-refractivity contribution < 1.29 is 19.1 Å². The Morgan fingerprint density at radius 2 is 1.76 bits per heavy atom. The van der Waals surface area contributed by atoms with Crippen molar-refractivity contribution >= 4 is 40.4 Å². The molecule has 1 unspecified atom stereocenters. The topological polar surface area (TPSA) is 79.0 Å². The van der Waals surface area contributed by atoms with Gasteiger partial charge >= 0.3 is 0 Å². The normalized spacial score (nSPS) is 17.5. The zero-order chi connectivity index (χ0) is 23.5. The number of piperidine rings is 1. The number of nitrogens with one attached hydrogen (secondary N) is 1. The maximum atomic E-state index is 13.6. The number of benzene rings is 2. The molecule has 2 aliphatic rings. The summed E-state index contributed by atoms with van der Waals surface area (Å²) >= 11 is 1.35. The lowest BCUT2D eigenvalue weighted by Crippen LogP contribution is -2.52. The number of para-hydroxylation sites is 2. The second-order valence-corrected chi connectivity index (χ2v) is 9.34. The number of nitrogens with zero attached hydrogens (tertiary/aromatic N) is 2. The van der Waals surface area contributed by atoms with Crippen molar-refractivity contribution in [1.29, 1.82) is 0 Å². The summed E-state index contributed by atoms with van der Waals surface area (Å²) < 4.78 is 6.04. The largest absolute Gasteiger partial charge is 0.476 e. The summed E-state index contributed by atoms with van der Waals surface area (Å²) in [5.41, 5.74) is 1.58. The Morgan fingerprint density at radius 3 is 2.56 bits per heavy atom. The molecule has 7 nitrogen and oxygen atoms in total. The lowest BCUT2D eigenvalue weighted by atomic mass is 10.1. The first kappa shape index (κ1) is 22.2. The van der Waals surface area contributed by atoms with E-state index in [4.69, 9.17) is 4.74 Å². The molecule has 1 N–H and O–H groups in total. The van der Waals surface area contributed by atoms with E-state index in [1.807, 2.05) is 34.5 Å². The van der Waals surface area contributed by atoms with E-state index in [1.165, 1.54) is 11.3 Å². The number of anilines is 2. The highest BCUT2D eigenvalue weighted by molar-refractivity contribution is 7.12. The Kier molecular flexibility index (Phi) is 6.31. The molecule has 2 aromatic carbocycles. The molecule has 0 saturated carbocycles. The summed E-state index contributed by atoms with van der Waals surface area (Å²) in [6.07, 6.45) is 2.35. The van der Waals surface area contributed by atoms with Crippen LogP contribution < -0.4 is 15.0 Å². The molecule has 0 aliphatic carbocycles. The SMILES string of the molecule is O=C(Nc1cccc(C(=O)N2CC(C(=O)N3CCCCC3)Oc3ccccc32)c1)c1cccs1. The fourth-order valence-corrected chi connectivity index (χ4v) is 4.98. The molecule has 1 aromatic heterocycles. The van der Waals surface area contributed by atoms with Gasteiger partial charge in [0.05, 0.1) is 17.1 Å². The first-order valence-electron chi connectivity index (χ1n) is 11.4. The molecular formula is C26H25N3O4S. The third kappa shape index (κ3) is 4.54. The van der Waals surface area contributed by atoms with Crippen LogP contribution in [0.2, 0.25) is 0 Å². The third-order valence-corrected chi connectivity index (χ3v) is 6.94. The second-order valence-electron chi connectivity index (χ2n) is 8.39. The Labute approximate surface area is 201 Å². The van der Waals surface area contributed by atoms with Crippen molar-refractivity contribution in [2.75, 3.05) is 29.9 Å². The first-order valence-corrected chi connectivity index (χ1v) is 12.3. The molecule has 1 saturated heterocycles. The molecule has 0 radical (unpaired) electrons. The molecule has 174 valence electrons. The summed E-state index contributed by atoms with van der Waals surface area (Å²) in [5.74, 6) is -0.0356. The lowest BCUT2D eigenvalue weighted by Gasteiger charge is -2.37. The minimum absolute atomic E-state index is 0.0797. The van der Waals surface area contributed by atoms with Gasteiger partial charge in [-0.25, -0.2) is 0 Å². The molecule has 2 aliphatic heterocycles. The Bertz CT molecular complexity index is 1200. The van der Waals surface area contributed by atoms with Gasteiger partial charge in [0.1, 0.15) is 5.75 Å². The van der Waals surface area contributed by atoms with Gasteiger partial charge in [0.25, 0.3) is 17.7 Å². The van der Waals surface area contributed by atoms with E-state index in [0.717, 1.165) is 32.4 Å². The van der Waals surface area contributed by atoms with Crippen molar-refractivity contribution in [3.05, 3.63) is 76.5 Å². The highest BCUT2D eigenvalue weighted by Gasteiger charge is 2.36. The van der Waals surface area contributed by atoms with Crippen LogP contribution >= 0.6 is 11.3 Å². The zero-order valence-corrected chi connectivity index (χ0v) is 19.4. The minimum atomic E-state index is -0.751. The lowest BCUT2D eigenvalue weighted by molar-refractivity contribution is -0.139. The Morgan fingerprint density at radius 1 is 0.941 bits per heavy atom. The predicted molar refractivity (Wildman–Crippen MR) is 132 cm³/mol. The van der Waals surface area contributed by atoms with Crippen molar-refractivity contribution in [3.8, 4) is 5.75 Å². The van der Waals surface area contributed by atoms with Crippen LogP contribution in [0.5, 0.6) is 5.75 Å². The Hall–Kier alpha value is -3.65. The van der Waals surface area contributed by atoms with E-state index < -0.39 is 6.10 Å². The molecule has 3 aromatic rings. The number of amides is 3. The fourth-order valence-electron chi connectivity index (χ4n) is 4.36. The number of hydrogen-bond donors (Lipinski definition) is 1. The summed E-state index contributed by atoms with van der Waals surface area (Å²) in [4.78, 5) is 43.3. The van der Waals surface area contributed by atoms with Crippen LogP contribution in [0.25, 0.3) is 0 Å². The molecule has 0 spiro atoms. The number of fused-ring (bicyclic) bond motifs is 1. The average Bonchev–Trinajstić information content (AvgIpc) is 3.43. The van der Waals surface area contributed by atoms with Crippen LogP contribution in [0.1, 0.15) is 39.3 Å². The average molecular weight is 476 g/mol. The van der Waals surface area contributed by atoms with Gasteiger partial charge < -0.3 is 19.9 Å². The number of carbonyl (C=O) groups excluding carboxylic acids is 3. The summed E-state index contributed by atoms with van der Waals surface area (Å²) in [5, 5.41) is 4.69. The fraction of sp³-hybridized carbons (Fsp3) is 0.269. The number of hydrogen-bond acceptors (Lipinski definition) is 5. The van der Waals surface area contributed by atoms with Gasteiger partial charge in [-0.05, 0) is 61.0 Å². The van der Waals surface area contributed by atoms with Gasteiger partial charge in [0.2, 0.25) is 0 Å². The predicted octanol–water partition coefficient (Wildman–Crippen LogP) is 4.42. The summed E-state index contributed by atoms with van der Waals surface area (Å²) in [6.45, 7) is 1.58. The third-order valence-electron chi connectivity index (χ3n) is 6.07. The molecule has 3 heterocycles. The number of ether oxygens (including phenoxy) is 1. The minimum Gasteiger partial charge on any atom is -0.476 e. The first-order chi connectivity index (χ1) is 16.6. The van der Waals surface area contributed by atoms with Crippen molar-refractivity contribution in [3.63, 3.8) is 0 Å². The van der Waals surface area contributed by atoms with Crippen LogP contribution in [0.4, 0.5) is 11.4 Å². The van der Waals surface area contributed by atoms with E-state index >= 15 is 0 Å². The molecule has 3 amide bonds. The highest BCUT2D eigenvalue weighted by atomic mass is 32.1.